The second-order valence-electron chi connectivity index (χ2n) is 9.45. The van der Waals surface area contributed by atoms with Crippen LogP contribution in [0.4, 0.5) is 0 Å². The number of hydrogen-bond donors (Lipinski definition) is 2. The minimum Gasteiger partial charge on any atom is -0.507 e. The molecule has 0 saturated carbocycles. The van der Waals surface area contributed by atoms with Crippen LogP contribution in [0.25, 0.3) is 0 Å². The lowest BCUT2D eigenvalue weighted by Crippen LogP contribution is -2.20. The maximum atomic E-state index is 11.5. The summed E-state index contributed by atoms with van der Waals surface area (Å²) in [4.78, 5) is 0. The Balaban J connectivity index is 2.21. The number of benzene rings is 1. The molecule has 29 heavy (non-hydrogen) atoms. The SMILES string of the molecule is C=C(C)[C@@H]1CCC(C)=C[C@H]1c1c(C)cc(O)c([C@@H]2C=C(C)CC[C@H]2C(=C)C)c1O. The van der Waals surface area contributed by atoms with Crippen LogP contribution >= 0.6 is 0 Å². The fourth-order valence-electron chi connectivity index (χ4n) is 5.38. The lowest BCUT2D eigenvalue weighted by Gasteiger charge is -2.35. The molecular weight excluding hydrogens is 356 g/mol. The molecule has 0 aliphatic heterocycles. The number of allylic oxidation sites excluding steroid dienone is 6. The van der Waals surface area contributed by atoms with Gasteiger partial charge in [0.1, 0.15) is 11.5 Å². The highest BCUT2D eigenvalue weighted by Gasteiger charge is 2.35. The number of hydrogen-bond acceptors (Lipinski definition) is 2. The summed E-state index contributed by atoms with van der Waals surface area (Å²) in [5, 5.41) is 22.5. The van der Waals surface area contributed by atoms with Crippen LogP contribution in [0.15, 0.2) is 53.7 Å². The highest BCUT2D eigenvalue weighted by atomic mass is 16.3. The van der Waals surface area contributed by atoms with Gasteiger partial charge in [0.25, 0.3) is 0 Å². The molecule has 0 unspecified atom stereocenters. The molecule has 0 amide bonds. The largest absolute Gasteiger partial charge is 0.507 e. The zero-order valence-corrected chi connectivity index (χ0v) is 18.7. The molecule has 0 saturated heterocycles. The normalized spacial score (nSPS) is 27.2. The van der Waals surface area contributed by atoms with Crippen LogP contribution in [0.3, 0.4) is 0 Å². The van der Waals surface area contributed by atoms with Crippen molar-refractivity contribution in [3.8, 4) is 11.5 Å². The van der Waals surface area contributed by atoms with E-state index in [-0.39, 0.29) is 29.3 Å². The van der Waals surface area contributed by atoms with E-state index in [0.29, 0.717) is 11.5 Å². The molecular formula is C27H36O2. The van der Waals surface area contributed by atoms with E-state index in [9.17, 15) is 10.2 Å². The second kappa shape index (κ2) is 8.26. The van der Waals surface area contributed by atoms with E-state index in [1.165, 1.54) is 11.1 Å². The van der Waals surface area contributed by atoms with E-state index in [4.69, 9.17) is 0 Å². The molecule has 156 valence electrons. The van der Waals surface area contributed by atoms with Gasteiger partial charge in [0.2, 0.25) is 0 Å². The smallest absolute Gasteiger partial charge is 0.127 e. The summed E-state index contributed by atoms with van der Waals surface area (Å²) in [6, 6.07) is 1.84. The molecule has 0 radical (unpaired) electrons. The Labute approximate surface area is 176 Å². The molecule has 0 aromatic heterocycles. The number of aromatic hydroxyl groups is 2. The molecule has 0 spiro atoms. The first-order valence-electron chi connectivity index (χ1n) is 10.8. The van der Waals surface area contributed by atoms with Crippen molar-refractivity contribution in [1.29, 1.82) is 0 Å². The van der Waals surface area contributed by atoms with Crippen molar-refractivity contribution >= 4 is 0 Å². The molecule has 2 heteroatoms. The summed E-state index contributed by atoms with van der Waals surface area (Å²) in [5.74, 6) is 1.03. The van der Waals surface area contributed by atoms with Crippen molar-refractivity contribution in [1.82, 2.24) is 0 Å². The average Bonchev–Trinajstić information content (AvgIpc) is 2.61. The number of aryl methyl sites for hydroxylation is 1. The van der Waals surface area contributed by atoms with Gasteiger partial charge in [-0.3, -0.25) is 0 Å². The van der Waals surface area contributed by atoms with Crippen LogP contribution in [0, 0.1) is 18.8 Å². The van der Waals surface area contributed by atoms with Gasteiger partial charge in [-0.1, -0.05) is 47.6 Å². The Morgan fingerprint density at radius 2 is 1.28 bits per heavy atom. The highest BCUT2D eigenvalue weighted by molar-refractivity contribution is 5.59. The van der Waals surface area contributed by atoms with Gasteiger partial charge in [0, 0.05) is 23.0 Å². The summed E-state index contributed by atoms with van der Waals surface area (Å²) in [6.07, 6.45) is 8.67. The number of phenolic OH excluding ortho intramolecular Hbond substituents is 2. The van der Waals surface area contributed by atoms with Gasteiger partial charge in [-0.05, 0) is 83.8 Å². The Morgan fingerprint density at radius 3 is 1.72 bits per heavy atom. The summed E-state index contributed by atoms with van der Waals surface area (Å²) < 4.78 is 0. The predicted octanol–water partition coefficient (Wildman–Crippen LogP) is 7.44. The van der Waals surface area contributed by atoms with Crippen LogP contribution in [0.5, 0.6) is 11.5 Å². The molecule has 3 rings (SSSR count). The van der Waals surface area contributed by atoms with Crippen molar-refractivity contribution in [2.75, 3.05) is 0 Å². The molecule has 2 aliphatic carbocycles. The number of phenols is 2. The van der Waals surface area contributed by atoms with Gasteiger partial charge in [0.15, 0.2) is 0 Å². The Bertz CT molecular complexity index is 829. The van der Waals surface area contributed by atoms with Gasteiger partial charge in [-0.2, -0.15) is 0 Å². The first-order valence-corrected chi connectivity index (χ1v) is 10.8. The minimum atomic E-state index is -0.0439. The van der Waals surface area contributed by atoms with E-state index in [1.54, 1.807) is 0 Å². The molecule has 2 aliphatic rings. The van der Waals surface area contributed by atoms with E-state index in [2.05, 4.69) is 53.0 Å². The van der Waals surface area contributed by atoms with Crippen molar-refractivity contribution in [3.05, 3.63) is 70.4 Å². The highest BCUT2D eigenvalue weighted by Crippen LogP contribution is 2.51. The third-order valence-corrected chi connectivity index (χ3v) is 6.99. The van der Waals surface area contributed by atoms with Crippen molar-refractivity contribution < 1.29 is 10.2 Å². The monoisotopic (exact) mass is 392 g/mol. The molecule has 4 atom stereocenters. The van der Waals surface area contributed by atoms with Gasteiger partial charge in [0.05, 0.1) is 0 Å². The summed E-state index contributed by atoms with van der Waals surface area (Å²) in [5.41, 5.74) is 7.47. The maximum absolute atomic E-state index is 11.5. The van der Waals surface area contributed by atoms with Crippen LogP contribution in [-0.2, 0) is 0 Å². The second-order valence-corrected chi connectivity index (χ2v) is 9.45. The first-order chi connectivity index (χ1) is 13.6. The summed E-state index contributed by atoms with van der Waals surface area (Å²) in [6.45, 7) is 18.9. The minimum absolute atomic E-state index is 0.0439. The van der Waals surface area contributed by atoms with Crippen LogP contribution in [-0.4, -0.2) is 10.2 Å². The lowest BCUT2D eigenvalue weighted by molar-refractivity contribution is 0.394. The van der Waals surface area contributed by atoms with Crippen LogP contribution < -0.4 is 0 Å². The van der Waals surface area contributed by atoms with Gasteiger partial charge in [-0.15, -0.1) is 0 Å². The Kier molecular flexibility index (Phi) is 6.12. The molecule has 2 N–H and O–H groups in total. The van der Waals surface area contributed by atoms with Gasteiger partial charge in [-0.25, -0.2) is 0 Å². The predicted molar refractivity (Wildman–Crippen MR) is 123 cm³/mol. The zero-order chi connectivity index (χ0) is 21.5. The quantitative estimate of drug-likeness (QED) is 0.523. The molecule has 0 fully saturated rings. The van der Waals surface area contributed by atoms with Crippen LogP contribution in [0.1, 0.15) is 81.9 Å². The third kappa shape index (κ3) is 4.08. The zero-order valence-electron chi connectivity index (χ0n) is 18.7. The number of rotatable bonds is 4. The van der Waals surface area contributed by atoms with Gasteiger partial charge >= 0.3 is 0 Å². The van der Waals surface area contributed by atoms with Crippen molar-refractivity contribution in [3.63, 3.8) is 0 Å². The maximum Gasteiger partial charge on any atom is 0.127 e. The van der Waals surface area contributed by atoms with Gasteiger partial charge < -0.3 is 10.2 Å². The fraction of sp³-hybridized carbons (Fsp3) is 0.481. The van der Waals surface area contributed by atoms with E-state index in [1.807, 2.05) is 13.0 Å². The standard InChI is InChI=1S/C27H36O2/c1-15(2)20-10-8-17(5)12-22(20)25-19(7)14-24(28)26(27(25)29)23-13-18(6)9-11-21(23)16(3)4/h12-14,20-23,28-29H,1,3,8-11H2,2,4-7H3/t20-,21-,22+,23+/m0/s1. The topological polar surface area (TPSA) is 40.5 Å². The molecule has 0 bridgehead atoms. The van der Waals surface area contributed by atoms with E-state index < -0.39 is 0 Å². The molecule has 1 aromatic carbocycles. The lowest BCUT2D eigenvalue weighted by atomic mass is 9.70. The van der Waals surface area contributed by atoms with E-state index in [0.717, 1.165) is 48.0 Å². The average molecular weight is 393 g/mol. The van der Waals surface area contributed by atoms with Crippen molar-refractivity contribution in [2.24, 2.45) is 11.8 Å². The molecule has 2 nitrogen and oxygen atoms in total. The van der Waals surface area contributed by atoms with Crippen molar-refractivity contribution in [2.45, 2.75) is 72.1 Å². The van der Waals surface area contributed by atoms with Crippen LogP contribution in [0.2, 0.25) is 0 Å². The fourth-order valence-corrected chi connectivity index (χ4v) is 5.38. The Hall–Kier alpha value is -2.22. The Morgan fingerprint density at radius 1 is 0.828 bits per heavy atom. The first kappa shape index (κ1) is 21.5. The molecule has 0 heterocycles. The summed E-state index contributed by atoms with van der Waals surface area (Å²) >= 11 is 0. The third-order valence-electron chi connectivity index (χ3n) is 6.99. The summed E-state index contributed by atoms with van der Waals surface area (Å²) in [7, 11) is 0. The molecule has 1 aromatic rings. The van der Waals surface area contributed by atoms with E-state index >= 15 is 0 Å².